The van der Waals surface area contributed by atoms with Gasteiger partial charge >= 0.3 is 5.97 Å². The number of benzene rings is 2. The Morgan fingerprint density at radius 3 is 2.50 bits per heavy atom. The topological polar surface area (TPSA) is 86.1 Å². The Morgan fingerprint density at radius 1 is 1.07 bits per heavy atom. The van der Waals surface area contributed by atoms with Gasteiger partial charge in [0.15, 0.2) is 11.8 Å². The van der Waals surface area contributed by atoms with Crippen LogP contribution in [0.5, 0.6) is 0 Å². The van der Waals surface area contributed by atoms with Gasteiger partial charge in [0.2, 0.25) is 0 Å². The van der Waals surface area contributed by atoms with Crippen molar-refractivity contribution in [3.63, 3.8) is 0 Å². The third kappa shape index (κ3) is 4.20. The van der Waals surface area contributed by atoms with Crippen molar-refractivity contribution in [1.82, 2.24) is 15.0 Å². The molecule has 1 atom stereocenters. The molecule has 0 aliphatic carbocycles. The molecular weight excluding hydrogens is 380 g/mol. The summed E-state index contributed by atoms with van der Waals surface area (Å²) in [5, 5.41) is 11.7. The summed E-state index contributed by atoms with van der Waals surface area (Å²) in [4.78, 5) is 26.2. The van der Waals surface area contributed by atoms with Gasteiger partial charge in [0.25, 0.3) is 5.91 Å². The summed E-state index contributed by atoms with van der Waals surface area (Å²) < 4.78 is 5.27. The molecule has 0 saturated carbocycles. The summed E-state index contributed by atoms with van der Waals surface area (Å²) in [5.74, 6) is -1.18. The standard InChI is InChI=1S/C20H19ClN4O3/c1-12-16(21)10-7-11-17(12)22-19(26)14(3)28-20(27)18-13(2)23-25(24-18)15-8-5-4-6-9-15/h4-11,14H,1-3H3,(H,22,26)/t14-/m0/s1. The SMILES string of the molecule is Cc1nn(-c2ccccc2)nc1C(=O)O[C@@H](C)C(=O)Nc1cccc(Cl)c1C. The Hall–Kier alpha value is -3.19. The van der Waals surface area contributed by atoms with Gasteiger partial charge in [-0.3, -0.25) is 4.79 Å². The molecule has 0 saturated heterocycles. The van der Waals surface area contributed by atoms with E-state index in [1.807, 2.05) is 30.3 Å². The smallest absolute Gasteiger partial charge is 0.361 e. The van der Waals surface area contributed by atoms with Gasteiger partial charge in [-0.25, -0.2) is 4.79 Å². The molecule has 144 valence electrons. The quantitative estimate of drug-likeness (QED) is 0.662. The molecule has 1 heterocycles. The zero-order valence-electron chi connectivity index (χ0n) is 15.6. The average Bonchev–Trinajstić information content (AvgIpc) is 3.08. The lowest BCUT2D eigenvalue weighted by Crippen LogP contribution is -2.30. The number of para-hydroxylation sites is 1. The average molecular weight is 399 g/mol. The lowest BCUT2D eigenvalue weighted by Gasteiger charge is -2.14. The molecule has 0 unspecified atom stereocenters. The number of rotatable bonds is 5. The molecule has 3 aromatic rings. The van der Waals surface area contributed by atoms with Crippen LogP contribution < -0.4 is 5.32 Å². The van der Waals surface area contributed by atoms with E-state index >= 15 is 0 Å². The second-order valence-electron chi connectivity index (χ2n) is 6.21. The van der Waals surface area contributed by atoms with Crippen LogP contribution >= 0.6 is 11.6 Å². The lowest BCUT2D eigenvalue weighted by molar-refractivity contribution is -0.123. The highest BCUT2D eigenvalue weighted by atomic mass is 35.5. The number of aromatic nitrogens is 3. The fourth-order valence-electron chi connectivity index (χ4n) is 2.49. The summed E-state index contributed by atoms with van der Waals surface area (Å²) in [6.45, 7) is 4.94. The number of carbonyl (C=O) groups is 2. The van der Waals surface area contributed by atoms with Crippen molar-refractivity contribution in [2.24, 2.45) is 0 Å². The van der Waals surface area contributed by atoms with Gasteiger partial charge in [0.05, 0.1) is 11.4 Å². The molecule has 28 heavy (non-hydrogen) atoms. The molecule has 8 heteroatoms. The van der Waals surface area contributed by atoms with Gasteiger partial charge in [-0.1, -0.05) is 35.9 Å². The first-order chi connectivity index (χ1) is 13.4. The Kier molecular flexibility index (Phi) is 5.75. The molecule has 0 spiro atoms. The zero-order valence-corrected chi connectivity index (χ0v) is 16.4. The van der Waals surface area contributed by atoms with Crippen LogP contribution in [0, 0.1) is 13.8 Å². The predicted octanol–water partition coefficient (Wildman–Crippen LogP) is 3.72. The highest BCUT2D eigenvalue weighted by Crippen LogP contribution is 2.23. The van der Waals surface area contributed by atoms with Crippen molar-refractivity contribution in [1.29, 1.82) is 0 Å². The fourth-order valence-corrected chi connectivity index (χ4v) is 2.67. The number of amides is 1. The van der Waals surface area contributed by atoms with E-state index in [1.165, 1.54) is 11.7 Å². The molecule has 3 rings (SSSR count). The maximum absolute atomic E-state index is 12.5. The van der Waals surface area contributed by atoms with Crippen LogP contribution in [-0.2, 0) is 9.53 Å². The van der Waals surface area contributed by atoms with Crippen LogP contribution in [0.4, 0.5) is 5.69 Å². The zero-order chi connectivity index (χ0) is 20.3. The fraction of sp³-hybridized carbons (Fsp3) is 0.200. The largest absolute Gasteiger partial charge is 0.448 e. The summed E-state index contributed by atoms with van der Waals surface area (Å²) >= 11 is 6.06. The van der Waals surface area contributed by atoms with Crippen molar-refractivity contribution >= 4 is 29.2 Å². The summed E-state index contributed by atoms with van der Waals surface area (Å²) in [6, 6.07) is 14.4. The number of esters is 1. The van der Waals surface area contributed by atoms with Gasteiger partial charge in [0.1, 0.15) is 0 Å². The van der Waals surface area contributed by atoms with E-state index < -0.39 is 18.0 Å². The van der Waals surface area contributed by atoms with E-state index in [0.29, 0.717) is 22.1 Å². The van der Waals surface area contributed by atoms with E-state index in [-0.39, 0.29) is 5.69 Å². The number of nitrogens with one attached hydrogen (secondary N) is 1. The second-order valence-corrected chi connectivity index (χ2v) is 6.62. The van der Waals surface area contributed by atoms with Crippen LogP contribution in [0.2, 0.25) is 5.02 Å². The molecule has 1 amide bonds. The highest BCUT2D eigenvalue weighted by Gasteiger charge is 2.24. The number of anilines is 1. The number of ether oxygens (including phenoxy) is 1. The summed E-state index contributed by atoms with van der Waals surface area (Å²) in [7, 11) is 0. The number of hydrogen-bond acceptors (Lipinski definition) is 5. The number of nitrogens with zero attached hydrogens (tertiary/aromatic N) is 3. The number of carbonyl (C=O) groups excluding carboxylic acids is 2. The van der Waals surface area contributed by atoms with Gasteiger partial charge in [-0.2, -0.15) is 9.90 Å². The minimum absolute atomic E-state index is 0.0578. The molecule has 0 aliphatic heterocycles. The van der Waals surface area contributed by atoms with Crippen molar-refractivity contribution in [3.05, 3.63) is 70.5 Å². The second kappa shape index (κ2) is 8.22. The van der Waals surface area contributed by atoms with Crippen molar-refractivity contribution in [2.75, 3.05) is 5.32 Å². The first kappa shape index (κ1) is 19.6. The van der Waals surface area contributed by atoms with E-state index in [0.717, 1.165) is 5.56 Å². The van der Waals surface area contributed by atoms with Crippen LogP contribution in [0.25, 0.3) is 5.69 Å². The van der Waals surface area contributed by atoms with Crippen molar-refractivity contribution in [2.45, 2.75) is 26.9 Å². The highest BCUT2D eigenvalue weighted by molar-refractivity contribution is 6.31. The Labute approximate surface area is 167 Å². The van der Waals surface area contributed by atoms with Crippen LogP contribution in [-0.4, -0.2) is 33.0 Å². The Balaban J connectivity index is 1.69. The van der Waals surface area contributed by atoms with E-state index in [2.05, 4.69) is 15.5 Å². The van der Waals surface area contributed by atoms with Gasteiger partial charge in [-0.15, -0.1) is 5.10 Å². The minimum Gasteiger partial charge on any atom is -0.448 e. The van der Waals surface area contributed by atoms with E-state index in [9.17, 15) is 9.59 Å². The van der Waals surface area contributed by atoms with Crippen LogP contribution in [0.15, 0.2) is 48.5 Å². The van der Waals surface area contributed by atoms with Crippen LogP contribution in [0.1, 0.15) is 28.7 Å². The van der Waals surface area contributed by atoms with Gasteiger partial charge < -0.3 is 10.1 Å². The van der Waals surface area contributed by atoms with Gasteiger partial charge in [-0.05, 0) is 50.6 Å². The summed E-state index contributed by atoms with van der Waals surface area (Å²) in [6.07, 6.45) is -1.02. The van der Waals surface area contributed by atoms with Crippen LogP contribution in [0.3, 0.4) is 0 Å². The predicted molar refractivity (Wildman–Crippen MR) is 106 cm³/mol. The number of hydrogen-bond donors (Lipinski definition) is 1. The van der Waals surface area contributed by atoms with Crippen molar-refractivity contribution < 1.29 is 14.3 Å². The first-order valence-electron chi connectivity index (χ1n) is 8.63. The molecule has 1 aromatic heterocycles. The molecular formula is C20H19ClN4O3. The maximum Gasteiger partial charge on any atom is 0.361 e. The third-order valence-electron chi connectivity index (χ3n) is 4.14. The maximum atomic E-state index is 12.5. The molecule has 7 nitrogen and oxygen atoms in total. The van der Waals surface area contributed by atoms with E-state index in [1.54, 1.807) is 32.0 Å². The van der Waals surface area contributed by atoms with Crippen molar-refractivity contribution in [3.8, 4) is 5.69 Å². The monoisotopic (exact) mass is 398 g/mol. The van der Waals surface area contributed by atoms with Gasteiger partial charge in [0, 0.05) is 10.7 Å². The lowest BCUT2D eigenvalue weighted by atomic mass is 10.2. The van der Waals surface area contributed by atoms with E-state index in [4.69, 9.17) is 16.3 Å². The summed E-state index contributed by atoms with van der Waals surface area (Å²) in [5.41, 5.74) is 2.48. The Bertz CT molecular complexity index is 1020. The minimum atomic E-state index is -1.02. The molecule has 0 radical (unpaired) electrons. The number of halogens is 1. The molecule has 0 fully saturated rings. The Morgan fingerprint density at radius 2 is 1.79 bits per heavy atom. The molecule has 0 aliphatic rings. The first-order valence-corrected chi connectivity index (χ1v) is 9.01. The molecule has 1 N–H and O–H groups in total. The molecule has 2 aromatic carbocycles. The molecule has 0 bridgehead atoms. The third-order valence-corrected chi connectivity index (χ3v) is 4.55. The normalized spacial score (nSPS) is 11.7. The number of aryl methyl sites for hydroxylation is 1.